The zero-order chi connectivity index (χ0) is 37.7. The van der Waals surface area contributed by atoms with Crippen molar-refractivity contribution in [1.29, 1.82) is 0 Å². The van der Waals surface area contributed by atoms with E-state index in [1.54, 1.807) is 0 Å². The summed E-state index contributed by atoms with van der Waals surface area (Å²) in [6, 6.07) is 0. The normalized spacial score (nSPS) is 14.5. The van der Waals surface area contributed by atoms with E-state index in [4.69, 9.17) is 24.3 Å². The first kappa shape index (κ1) is 48.9. The maximum absolute atomic E-state index is 12.5. The fraction of sp³-hybridized carbons (Fsp3) is 0.750. The molecule has 0 aliphatic heterocycles. The third kappa shape index (κ3) is 37.5. The van der Waals surface area contributed by atoms with Crippen LogP contribution in [0.1, 0.15) is 155 Å². The van der Waals surface area contributed by atoms with E-state index in [9.17, 15) is 24.2 Å². The highest BCUT2D eigenvalue weighted by molar-refractivity contribution is 7.47. The van der Waals surface area contributed by atoms with Crippen molar-refractivity contribution in [2.24, 2.45) is 5.73 Å². The summed E-state index contributed by atoms with van der Waals surface area (Å²) in [4.78, 5) is 34.7. The molecule has 296 valence electrons. The Kier molecular flexibility index (Phi) is 34.8. The van der Waals surface area contributed by atoms with Gasteiger partial charge in [0.2, 0.25) is 0 Å². The first-order valence-electron chi connectivity index (χ1n) is 19.6. The van der Waals surface area contributed by atoms with Gasteiger partial charge in [-0.2, -0.15) is 0 Å². The van der Waals surface area contributed by atoms with Gasteiger partial charge in [-0.3, -0.25) is 18.6 Å². The predicted octanol–water partition coefficient (Wildman–Crippen LogP) is 9.74. The number of carbonyl (C=O) groups is 2. The average molecular weight is 742 g/mol. The highest BCUT2D eigenvalue weighted by Crippen LogP contribution is 2.43. The van der Waals surface area contributed by atoms with Crippen LogP contribution in [0, 0.1) is 0 Å². The Balaban J connectivity index is 4.32. The third-order valence-corrected chi connectivity index (χ3v) is 8.97. The van der Waals surface area contributed by atoms with Crippen molar-refractivity contribution in [3.05, 3.63) is 48.6 Å². The Labute approximate surface area is 309 Å². The van der Waals surface area contributed by atoms with E-state index in [1.807, 2.05) is 19.1 Å². The molecule has 0 aromatic rings. The van der Waals surface area contributed by atoms with E-state index < -0.39 is 32.5 Å². The second-order valence-corrected chi connectivity index (χ2v) is 14.5. The van der Waals surface area contributed by atoms with E-state index in [0.717, 1.165) is 57.8 Å². The zero-order valence-corrected chi connectivity index (χ0v) is 32.8. The van der Waals surface area contributed by atoms with Crippen LogP contribution in [-0.4, -0.2) is 60.5 Å². The number of esters is 2. The molecule has 0 amide bonds. The number of phosphoric ester groups is 1. The summed E-state index contributed by atoms with van der Waals surface area (Å²) in [5, 5.41) is 9.25. The molecule has 0 bridgehead atoms. The molecule has 4 N–H and O–H groups in total. The van der Waals surface area contributed by atoms with Crippen LogP contribution in [0.15, 0.2) is 48.6 Å². The van der Waals surface area contributed by atoms with Crippen molar-refractivity contribution in [3.63, 3.8) is 0 Å². The number of allylic oxidation sites excluding steroid dienone is 8. The second kappa shape index (κ2) is 36.3. The Morgan fingerprint density at radius 2 is 1.16 bits per heavy atom. The van der Waals surface area contributed by atoms with E-state index >= 15 is 0 Å². The summed E-state index contributed by atoms with van der Waals surface area (Å²) in [6.07, 6.45) is 37.1. The first-order chi connectivity index (χ1) is 24.7. The Morgan fingerprint density at radius 3 is 1.69 bits per heavy atom. The predicted molar refractivity (Wildman–Crippen MR) is 207 cm³/mol. The lowest BCUT2D eigenvalue weighted by molar-refractivity contribution is -0.161. The number of unbranched alkanes of at least 4 members (excludes halogenated alkanes) is 13. The average Bonchev–Trinajstić information content (AvgIpc) is 3.10. The number of hydrogen-bond donors (Lipinski definition) is 3. The van der Waals surface area contributed by atoms with Crippen molar-refractivity contribution in [3.8, 4) is 0 Å². The Bertz CT molecular complexity index is 996. The molecule has 0 aliphatic carbocycles. The van der Waals surface area contributed by atoms with E-state index in [2.05, 4.69) is 43.4 Å². The second-order valence-electron chi connectivity index (χ2n) is 13.1. The number of nitrogens with two attached hydrogens (primary N) is 1. The zero-order valence-electron chi connectivity index (χ0n) is 31.9. The van der Waals surface area contributed by atoms with E-state index in [1.165, 1.54) is 57.8 Å². The number of phosphoric acid groups is 1. The molecule has 0 fully saturated rings. The molecule has 3 atom stereocenters. The van der Waals surface area contributed by atoms with Crippen LogP contribution in [-0.2, 0) is 32.7 Å². The van der Waals surface area contributed by atoms with Gasteiger partial charge in [-0.25, -0.2) is 4.57 Å². The van der Waals surface area contributed by atoms with Gasteiger partial charge in [0.05, 0.1) is 19.3 Å². The molecule has 0 saturated carbocycles. The smallest absolute Gasteiger partial charge is 0.462 e. The fourth-order valence-corrected chi connectivity index (χ4v) is 5.82. The number of rotatable bonds is 36. The number of hydrogen-bond acceptors (Lipinski definition) is 9. The maximum atomic E-state index is 12.5. The van der Waals surface area contributed by atoms with Crippen LogP contribution < -0.4 is 5.73 Å². The molecule has 1 unspecified atom stereocenters. The van der Waals surface area contributed by atoms with Crippen LogP contribution in [0.5, 0.6) is 0 Å². The number of aliphatic hydroxyl groups is 1. The van der Waals surface area contributed by atoms with Crippen molar-refractivity contribution >= 4 is 19.8 Å². The molecule has 0 aromatic heterocycles. The highest BCUT2D eigenvalue weighted by Gasteiger charge is 2.25. The van der Waals surface area contributed by atoms with Crippen molar-refractivity contribution < 1.29 is 42.7 Å². The van der Waals surface area contributed by atoms with E-state index in [0.29, 0.717) is 12.8 Å². The minimum atomic E-state index is -4.39. The summed E-state index contributed by atoms with van der Waals surface area (Å²) in [6.45, 7) is 3.19. The van der Waals surface area contributed by atoms with Gasteiger partial charge in [-0.1, -0.05) is 126 Å². The van der Waals surface area contributed by atoms with Gasteiger partial charge < -0.3 is 25.2 Å². The molecule has 51 heavy (non-hydrogen) atoms. The largest absolute Gasteiger partial charge is 0.472 e. The summed E-state index contributed by atoms with van der Waals surface area (Å²) < 4.78 is 32.6. The molecule has 0 heterocycles. The van der Waals surface area contributed by atoms with Gasteiger partial charge in [0.1, 0.15) is 6.61 Å². The molecule has 0 spiro atoms. The lowest BCUT2D eigenvalue weighted by Gasteiger charge is -2.19. The molecule has 11 heteroatoms. The summed E-state index contributed by atoms with van der Waals surface area (Å²) >= 11 is 0. The lowest BCUT2D eigenvalue weighted by atomic mass is 10.0. The SMILES string of the molecule is CCCCCCCCCCCCCCC(=O)OC[C@H](COP(=O)(O)OCCN)OC(=O)CCC/C=C\C/C=C\C/C=C\C/C=C\CCC[C@H](C)O. The summed E-state index contributed by atoms with van der Waals surface area (Å²) in [5.74, 6) is -0.913. The minimum Gasteiger partial charge on any atom is -0.462 e. The number of ether oxygens (including phenoxy) is 2. The molecular weight excluding hydrogens is 669 g/mol. The quantitative estimate of drug-likeness (QED) is 0.0245. The first-order valence-corrected chi connectivity index (χ1v) is 21.1. The van der Waals surface area contributed by atoms with Gasteiger partial charge in [0.25, 0.3) is 0 Å². The van der Waals surface area contributed by atoms with E-state index in [-0.39, 0.29) is 38.7 Å². The van der Waals surface area contributed by atoms with Gasteiger partial charge >= 0.3 is 19.8 Å². The highest BCUT2D eigenvalue weighted by atomic mass is 31.2. The van der Waals surface area contributed by atoms with Gasteiger partial charge in [0, 0.05) is 19.4 Å². The van der Waals surface area contributed by atoms with Gasteiger partial charge in [-0.05, 0) is 64.7 Å². The maximum Gasteiger partial charge on any atom is 0.472 e. The Hall–Kier alpha value is -2.07. The van der Waals surface area contributed by atoms with Crippen LogP contribution in [0.2, 0.25) is 0 Å². The van der Waals surface area contributed by atoms with Crippen LogP contribution in [0.25, 0.3) is 0 Å². The van der Waals surface area contributed by atoms with Gasteiger partial charge in [0.15, 0.2) is 6.10 Å². The summed E-state index contributed by atoms with van der Waals surface area (Å²) in [5.41, 5.74) is 5.33. The van der Waals surface area contributed by atoms with Crippen molar-refractivity contribution in [2.45, 2.75) is 167 Å². The molecule has 0 radical (unpaired) electrons. The summed E-state index contributed by atoms with van der Waals surface area (Å²) in [7, 11) is -4.39. The third-order valence-electron chi connectivity index (χ3n) is 7.99. The van der Waals surface area contributed by atoms with Crippen LogP contribution in [0.3, 0.4) is 0 Å². The topological polar surface area (TPSA) is 155 Å². The lowest BCUT2D eigenvalue weighted by Crippen LogP contribution is -2.29. The molecule has 0 aromatic carbocycles. The van der Waals surface area contributed by atoms with Crippen LogP contribution >= 0.6 is 7.82 Å². The molecule has 0 rings (SSSR count). The van der Waals surface area contributed by atoms with Crippen molar-refractivity contribution in [2.75, 3.05) is 26.4 Å². The van der Waals surface area contributed by atoms with Crippen molar-refractivity contribution in [1.82, 2.24) is 0 Å². The Morgan fingerprint density at radius 1 is 0.667 bits per heavy atom. The molecular formula is C40H72NO9P. The molecule has 0 aliphatic rings. The fourth-order valence-electron chi connectivity index (χ4n) is 5.06. The van der Waals surface area contributed by atoms with Crippen LogP contribution in [0.4, 0.5) is 0 Å². The minimum absolute atomic E-state index is 0.0386. The molecule has 0 saturated heterocycles. The molecule has 10 nitrogen and oxygen atoms in total. The monoisotopic (exact) mass is 741 g/mol. The number of aliphatic hydroxyl groups excluding tert-OH is 1. The van der Waals surface area contributed by atoms with Gasteiger partial charge in [-0.15, -0.1) is 0 Å². The standard InChI is InChI=1S/C40H72NO9P/c1-3-4-5-6-7-8-9-16-19-22-25-28-31-39(43)47-35-38(36-49-51(45,46)48-34-33-41)50-40(44)32-29-26-23-20-17-14-12-10-11-13-15-18-21-24-27-30-37(2)42/h11-14,18,20-21,23,37-38,42H,3-10,15-17,19,22,24-36,41H2,1-2H3,(H,45,46)/b13-11-,14-12-,21-18-,23-20-/t37-,38+/m0/s1. The number of carbonyl (C=O) groups excluding carboxylic acids is 2.